The van der Waals surface area contributed by atoms with Crippen LogP contribution in [-0.4, -0.2) is 33.0 Å². The first-order chi connectivity index (χ1) is 9.62. The van der Waals surface area contributed by atoms with Crippen LogP contribution in [0.1, 0.15) is 29.6 Å². The number of aldehydes is 1. The minimum absolute atomic E-state index is 0.325. The predicted molar refractivity (Wildman–Crippen MR) is 73.5 cm³/mol. The lowest BCUT2D eigenvalue weighted by molar-refractivity contribution is -0.118. The van der Waals surface area contributed by atoms with E-state index in [1.807, 2.05) is 0 Å². The third kappa shape index (κ3) is 4.46. The summed E-state index contributed by atoms with van der Waals surface area (Å²) in [6.45, 7) is 0.379. The Balaban J connectivity index is 2.72. The van der Waals surface area contributed by atoms with Crippen LogP contribution in [0.15, 0.2) is 12.1 Å². The lowest BCUT2D eigenvalue weighted by atomic mass is 10.2. The number of carbonyl (C=O) groups excluding carboxylic acids is 2. The predicted octanol–water partition coefficient (Wildman–Crippen LogP) is 1.55. The molecule has 6 heteroatoms. The molecule has 0 saturated heterocycles. The highest BCUT2D eigenvalue weighted by molar-refractivity contribution is 5.84. The van der Waals surface area contributed by atoms with Crippen LogP contribution in [-0.2, 0) is 4.79 Å². The molecule has 0 aromatic heterocycles. The molecule has 20 heavy (non-hydrogen) atoms. The standard InChI is InChI=1S/C14H19NO5/c1-18-10-7-12(19-2)11(9-16)13(8-10)20-6-4-3-5-14(15)17/h7-9H,3-6H2,1-2H3,(H2,15,17). The van der Waals surface area contributed by atoms with Gasteiger partial charge in [0, 0.05) is 18.6 Å². The summed E-state index contributed by atoms with van der Waals surface area (Å²) in [5.41, 5.74) is 5.38. The molecule has 0 aliphatic heterocycles. The summed E-state index contributed by atoms with van der Waals surface area (Å²) in [5.74, 6) is 1.00. The van der Waals surface area contributed by atoms with Gasteiger partial charge in [-0.3, -0.25) is 9.59 Å². The van der Waals surface area contributed by atoms with E-state index < -0.39 is 0 Å². The summed E-state index contributed by atoms with van der Waals surface area (Å²) in [5, 5.41) is 0. The fourth-order valence-corrected chi connectivity index (χ4v) is 1.68. The normalized spacial score (nSPS) is 9.90. The number of hydrogen-bond acceptors (Lipinski definition) is 5. The summed E-state index contributed by atoms with van der Waals surface area (Å²) >= 11 is 0. The van der Waals surface area contributed by atoms with Gasteiger partial charge in [-0.05, 0) is 12.8 Å². The van der Waals surface area contributed by atoms with Crippen LogP contribution in [0.5, 0.6) is 17.2 Å². The van der Waals surface area contributed by atoms with Crippen LogP contribution in [0.2, 0.25) is 0 Å². The molecule has 1 aromatic carbocycles. The van der Waals surface area contributed by atoms with E-state index in [1.165, 1.54) is 14.2 Å². The van der Waals surface area contributed by atoms with Crippen molar-refractivity contribution in [3.05, 3.63) is 17.7 Å². The Bertz CT molecular complexity index is 473. The molecule has 0 fully saturated rings. The maximum atomic E-state index is 11.1. The van der Waals surface area contributed by atoms with Crippen molar-refractivity contribution >= 4 is 12.2 Å². The zero-order valence-corrected chi connectivity index (χ0v) is 11.7. The summed E-state index contributed by atoms with van der Waals surface area (Å²) in [6.07, 6.45) is 2.32. The number of methoxy groups -OCH3 is 2. The Morgan fingerprint density at radius 2 is 1.90 bits per heavy atom. The highest BCUT2D eigenvalue weighted by Gasteiger charge is 2.13. The molecule has 6 nitrogen and oxygen atoms in total. The maximum absolute atomic E-state index is 11.1. The minimum atomic E-state index is -0.332. The zero-order chi connectivity index (χ0) is 15.0. The number of ether oxygens (including phenoxy) is 3. The summed E-state index contributed by atoms with van der Waals surface area (Å²) in [6, 6.07) is 3.24. The molecule has 0 unspecified atom stereocenters. The molecule has 0 saturated carbocycles. The van der Waals surface area contributed by atoms with Gasteiger partial charge in [0.25, 0.3) is 0 Å². The number of primary amides is 1. The Labute approximate surface area is 117 Å². The summed E-state index contributed by atoms with van der Waals surface area (Å²) in [4.78, 5) is 21.7. The van der Waals surface area contributed by atoms with Gasteiger partial charge in [-0.1, -0.05) is 0 Å². The second kappa shape index (κ2) is 8.04. The number of nitrogens with two attached hydrogens (primary N) is 1. The molecule has 0 heterocycles. The Morgan fingerprint density at radius 1 is 1.20 bits per heavy atom. The van der Waals surface area contributed by atoms with Gasteiger partial charge in [-0.25, -0.2) is 0 Å². The van der Waals surface area contributed by atoms with Crippen LogP contribution in [0.4, 0.5) is 0 Å². The lowest BCUT2D eigenvalue weighted by Crippen LogP contribution is -2.10. The maximum Gasteiger partial charge on any atom is 0.217 e. The average molecular weight is 281 g/mol. The lowest BCUT2D eigenvalue weighted by Gasteiger charge is -2.13. The quantitative estimate of drug-likeness (QED) is 0.548. The molecule has 0 aliphatic rings. The van der Waals surface area contributed by atoms with Crippen LogP contribution in [0, 0.1) is 0 Å². The van der Waals surface area contributed by atoms with Gasteiger partial charge in [-0.15, -0.1) is 0 Å². The summed E-state index contributed by atoms with van der Waals surface area (Å²) in [7, 11) is 2.99. The molecule has 0 aliphatic carbocycles. The van der Waals surface area contributed by atoms with E-state index in [9.17, 15) is 9.59 Å². The smallest absolute Gasteiger partial charge is 0.217 e. The van der Waals surface area contributed by atoms with Gasteiger partial charge < -0.3 is 19.9 Å². The van der Waals surface area contributed by atoms with Crippen molar-refractivity contribution < 1.29 is 23.8 Å². The monoisotopic (exact) mass is 281 g/mol. The van der Waals surface area contributed by atoms with E-state index in [4.69, 9.17) is 19.9 Å². The van der Waals surface area contributed by atoms with E-state index in [1.54, 1.807) is 12.1 Å². The topological polar surface area (TPSA) is 87.8 Å². The first kappa shape index (κ1) is 15.8. The molecular weight excluding hydrogens is 262 g/mol. The van der Waals surface area contributed by atoms with Gasteiger partial charge in [0.1, 0.15) is 17.2 Å². The molecule has 0 bridgehead atoms. The minimum Gasteiger partial charge on any atom is -0.496 e. The Morgan fingerprint density at radius 3 is 2.45 bits per heavy atom. The Kier molecular flexibility index (Phi) is 6.36. The van der Waals surface area contributed by atoms with Crippen LogP contribution < -0.4 is 19.9 Å². The molecule has 0 atom stereocenters. The second-order valence-corrected chi connectivity index (χ2v) is 4.13. The highest BCUT2D eigenvalue weighted by atomic mass is 16.5. The molecule has 110 valence electrons. The zero-order valence-electron chi connectivity index (χ0n) is 11.7. The van der Waals surface area contributed by atoms with E-state index in [2.05, 4.69) is 0 Å². The van der Waals surface area contributed by atoms with E-state index in [0.717, 1.165) is 0 Å². The van der Waals surface area contributed by atoms with Crippen molar-refractivity contribution in [2.24, 2.45) is 5.73 Å². The van der Waals surface area contributed by atoms with Gasteiger partial charge >= 0.3 is 0 Å². The molecule has 1 aromatic rings. The second-order valence-electron chi connectivity index (χ2n) is 4.13. The van der Waals surface area contributed by atoms with E-state index in [0.29, 0.717) is 55.0 Å². The van der Waals surface area contributed by atoms with Gasteiger partial charge in [0.2, 0.25) is 5.91 Å². The van der Waals surface area contributed by atoms with Gasteiger partial charge in [0.15, 0.2) is 6.29 Å². The molecule has 1 rings (SSSR count). The first-order valence-corrected chi connectivity index (χ1v) is 6.24. The highest BCUT2D eigenvalue weighted by Crippen LogP contribution is 2.32. The molecular formula is C14H19NO5. The first-order valence-electron chi connectivity index (χ1n) is 6.24. The van der Waals surface area contributed by atoms with Crippen molar-refractivity contribution in [1.82, 2.24) is 0 Å². The number of amides is 1. The van der Waals surface area contributed by atoms with Gasteiger partial charge in [-0.2, -0.15) is 0 Å². The van der Waals surface area contributed by atoms with E-state index in [-0.39, 0.29) is 5.91 Å². The van der Waals surface area contributed by atoms with Gasteiger partial charge in [0.05, 0.1) is 26.4 Å². The van der Waals surface area contributed by atoms with Crippen LogP contribution >= 0.6 is 0 Å². The number of benzene rings is 1. The van der Waals surface area contributed by atoms with E-state index >= 15 is 0 Å². The molecule has 0 spiro atoms. The number of unbranched alkanes of at least 4 members (excludes halogenated alkanes) is 1. The molecule has 2 N–H and O–H groups in total. The molecule has 1 amide bonds. The third-order valence-corrected chi connectivity index (χ3v) is 2.73. The number of rotatable bonds is 9. The molecule has 0 radical (unpaired) electrons. The van der Waals surface area contributed by atoms with Crippen molar-refractivity contribution in [3.63, 3.8) is 0 Å². The fourth-order valence-electron chi connectivity index (χ4n) is 1.68. The number of carbonyl (C=O) groups is 2. The third-order valence-electron chi connectivity index (χ3n) is 2.73. The average Bonchev–Trinajstić information content (AvgIpc) is 2.45. The van der Waals surface area contributed by atoms with Crippen molar-refractivity contribution in [1.29, 1.82) is 0 Å². The van der Waals surface area contributed by atoms with Crippen LogP contribution in [0.25, 0.3) is 0 Å². The van der Waals surface area contributed by atoms with Crippen molar-refractivity contribution in [3.8, 4) is 17.2 Å². The SMILES string of the molecule is COc1cc(OC)c(C=O)c(OCCCCC(N)=O)c1. The number of hydrogen-bond donors (Lipinski definition) is 1. The fraction of sp³-hybridized carbons (Fsp3) is 0.429. The van der Waals surface area contributed by atoms with Crippen molar-refractivity contribution in [2.45, 2.75) is 19.3 Å². The largest absolute Gasteiger partial charge is 0.496 e. The van der Waals surface area contributed by atoms with Crippen molar-refractivity contribution in [2.75, 3.05) is 20.8 Å². The summed E-state index contributed by atoms with van der Waals surface area (Å²) < 4.78 is 15.8. The Hall–Kier alpha value is -2.24. The van der Waals surface area contributed by atoms with Crippen LogP contribution in [0.3, 0.4) is 0 Å².